The second-order valence-electron chi connectivity index (χ2n) is 6.16. The van der Waals surface area contributed by atoms with E-state index in [0.29, 0.717) is 22.6 Å². The van der Waals surface area contributed by atoms with Crippen LogP contribution in [0, 0.1) is 11.1 Å². The van der Waals surface area contributed by atoms with Gasteiger partial charge >= 0.3 is 5.97 Å². The van der Waals surface area contributed by atoms with Crippen LogP contribution in [-0.4, -0.2) is 17.0 Å². The van der Waals surface area contributed by atoms with E-state index < -0.39 is 0 Å². The highest BCUT2D eigenvalue weighted by molar-refractivity contribution is 6.14. The van der Waals surface area contributed by atoms with E-state index in [4.69, 9.17) is 14.7 Å². The molecule has 1 N–H and O–H groups in total. The van der Waals surface area contributed by atoms with Crippen LogP contribution in [-0.2, 0) is 4.79 Å². The number of carbonyl (C=O) groups excluding carboxylic acids is 2. The lowest BCUT2D eigenvalue weighted by Gasteiger charge is -2.21. The summed E-state index contributed by atoms with van der Waals surface area (Å²) in [5.41, 5.74) is 0.928. The first-order valence-electron chi connectivity index (χ1n) is 8.07. The lowest BCUT2D eigenvalue weighted by molar-refractivity contribution is -0.135. The number of ketones is 1. The zero-order valence-corrected chi connectivity index (χ0v) is 13.5. The fraction of sp³-hybridized carbons (Fsp3) is 0.158. The van der Waals surface area contributed by atoms with Gasteiger partial charge in [0.1, 0.15) is 11.5 Å². The van der Waals surface area contributed by atoms with Gasteiger partial charge in [-0.05, 0) is 48.7 Å². The van der Waals surface area contributed by atoms with Crippen LogP contribution in [0.1, 0.15) is 28.8 Å². The highest BCUT2D eigenvalue weighted by Crippen LogP contribution is 2.36. The molecule has 2 aromatic carbocycles. The molecule has 0 unspecified atom stereocenters. The molecular weight excluding hydrogens is 338 g/mol. The van der Waals surface area contributed by atoms with E-state index in [-0.39, 0.29) is 34.3 Å². The Balaban J connectivity index is 1.57. The molecule has 7 nitrogen and oxygen atoms in total. The summed E-state index contributed by atoms with van der Waals surface area (Å²) in [5.74, 6) is 0.116. The summed E-state index contributed by atoms with van der Waals surface area (Å²) in [7, 11) is 0. The normalized spacial score (nSPS) is 17.0. The summed E-state index contributed by atoms with van der Waals surface area (Å²) in [6.07, 6.45) is 3.17. The zero-order chi connectivity index (χ0) is 18.3. The molecule has 0 radical (unpaired) electrons. The topological polar surface area (TPSA) is 99.1 Å². The van der Waals surface area contributed by atoms with Crippen molar-refractivity contribution in [3.63, 3.8) is 0 Å². The van der Waals surface area contributed by atoms with Crippen LogP contribution in [0.3, 0.4) is 0 Å². The van der Waals surface area contributed by atoms with E-state index in [9.17, 15) is 14.8 Å². The van der Waals surface area contributed by atoms with Gasteiger partial charge in [-0.3, -0.25) is 14.8 Å². The van der Waals surface area contributed by atoms with Gasteiger partial charge in [0.2, 0.25) is 5.78 Å². The molecule has 7 heteroatoms. The van der Waals surface area contributed by atoms with Gasteiger partial charge in [0.05, 0.1) is 17.2 Å². The molecule has 0 saturated heterocycles. The van der Waals surface area contributed by atoms with E-state index in [1.54, 1.807) is 24.3 Å². The minimum atomic E-state index is -0.312. The van der Waals surface area contributed by atoms with Gasteiger partial charge < -0.3 is 19.9 Å². The van der Waals surface area contributed by atoms with Crippen molar-refractivity contribution >= 4 is 23.5 Å². The van der Waals surface area contributed by atoms with Crippen molar-refractivity contribution < 1.29 is 24.3 Å². The van der Waals surface area contributed by atoms with Crippen molar-refractivity contribution in [2.75, 3.05) is 5.23 Å². The van der Waals surface area contributed by atoms with Gasteiger partial charge in [0.25, 0.3) is 0 Å². The molecule has 0 spiro atoms. The second kappa shape index (κ2) is 6.29. The number of fused-ring (bicyclic) bond motifs is 1. The Bertz CT molecular complexity index is 929. The monoisotopic (exact) mass is 352 g/mol. The Morgan fingerprint density at radius 1 is 1.27 bits per heavy atom. The second-order valence-corrected chi connectivity index (χ2v) is 6.16. The minimum absolute atomic E-state index is 0.0272. The van der Waals surface area contributed by atoms with Crippen LogP contribution in [0.2, 0.25) is 0 Å². The third kappa shape index (κ3) is 3.17. The number of rotatable bonds is 4. The molecule has 0 aromatic heterocycles. The number of allylic oxidation sites excluding steroid dienone is 1. The van der Waals surface area contributed by atoms with E-state index in [2.05, 4.69) is 0 Å². The summed E-state index contributed by atoms with van der Waals surface area (Å²) < 4.78 is 10.9. The first kappa shape index (κ1) is 16.3. The Hall–Kier alpha value is -3.16. The summed E-state index contributed by atoms with van der Waals surface area (Å²) in [5, 5.41) is 19.7. The van der Waals surface area contributed by atoms with Crippen molar-refractivity contribution in [1.29, 1.82) is 0 Å². The number of hydrogen-bond acceptors (Lipinski definition) is 7. The number of anilines is 1. The highest BCUT2D eigenvalue weighted by Gasteiger charge is 2.32. The Morgan fingerprint density at radius 3 is 2.81 bits per heavy atom. The van der Waals surface area contributed by atoms with Gasteiger partial charge in [-0.2, -0.15) is 0 Å². The quantitative estimate of drug-likeness (QED) is 0.390. The molecule has 26 heavy (non-hydrogen) atoms. The van der Waals surface area contributed by atoms with Crippen LogP contribution >= 0.6 is 0 Å². The SMILES string of the molecule is O=C1C(=Cc2cccc(N([O-])O)c2)Oc2cc(OC(=O)C3CC3)ccc21. The molecule has 1 heterocycles. The summed E-state index contributed by atoms with van der Waals surface area (Å²) in [6.45, 7) is 0. The molecular formula is C19H14NO6-. The minimum Gasteiger partial charge on any atom is -0.733 e. The molecule has 2 aliphatic rings. The largest absolute Gasteiger partial charge is 0.733 e. The molecule has 2 aromatic rings. The van der Waals surface area contributed by atoms with E-state index >= 15 is 0 Å². The number of hydrogen-bond donors (Lipinski definition) is 1. The average molecular weight is 352 g/mol. The predicted octanol–water partition coefficient (Wildman–Crippen LogP) is 3.31. The first-order valence-corrected chi connectivity index (χ1v) is 8.07. The average Bonchev–Trinajstić information content (AvgIpc) is 3.42. The van der Waals surface area contributed by atoms with Crippen LogP contribution in [0.25, 0.3) is 6.08 Å². The van der Waals surface area contributed by atoms with Gasteiger partial charge in [-0.1, -0.05) is 12.1 Å². The number of esters is 1. The maximum atomic E-state index is 12.4. The van der Waals surface area contributed by atoms with Crippen LogP contribution in [0.5, 0.6) is 11.5 Å². The Labute approximate surface area is 148 Å². The lowest BCUT2D eigenvalue weighted by atomic mass is 10.1. The van der Waals surface area contributed by atoms with Gasteiger partial charge in [0, 0.05) is 6.07 Å². The molecule has 0 atom stereocenters. The van der Waals surface area contributed by atoms with Crippen LogP contribution < -0.4 is 14.7 Å². The van der Waals surface area contributed by atoms with Crippen molar-refractivity contribution in [2.45, 2.75) is 12.8 Å². The van der Waals surface area contributed by atoms with Crippen molar-refractivity contribution in [2.24, 2.45) is 5.92 Å². The van der Waals surface area contributed by atoms with Crippen molar-refractivity contribution in [1.82, 2.24) is 0 Å². The fourth-order valence-corrected chi connectivity index (χ4v) is 2.63. The molecule has 1 aliphatic carbocycles. The number of nitrogens with zero attached hydrogens (tertiary/aromatic N) is 1. The summed E-state index contributed by atoms with van der Waals surface area (Å²) in [6, 6.07) is 10.7. The number of Topliss-reactive ketones (excluding diaryl/α,β-unsaturated/α-hetero) is 1. The third-order valence-electron chi connectivity index (χ3n) is 4.16. The standard InChI is InChI=1S/C19H14NO6/c21-18-15-7-6-14(25-19(22)12-4-5-12)10-16(15)26-17(18)9-11-2-1-3-13(8-11)20(23)24/h1-3,6-10,12,23H,4-5H2/q-1. The molecule has 132 valence electrons. The molecule has 1 fully saturated rings. The summed E-state index contributed by atoms with van der Waals surface area (Å²) in [4.78, 5) is 24.2. The number of carbonyl (C=O) groups is 2. The highest BCUT2D eigenvalue weighted by atomic mass is 16.8. The van der Waals surface area contributed by atoms with E-state index in [0.717, 1.165) is 12.8 Å². The van der Waals surface area contributed by atoms with Crippen molar-refractivity contribution in [3.8, 4) is 11.5 Å². The Kier molecular flexibility index (Phi) is 3.95. The Morgan fingerprint density at radius 2 is 2.08 bits per heavy atom. The molecule has 1 aliphatic heterocycles. The molecule has 0 bridgehead atoms. The van der Waals surface area contributed by atoms with E-state index in [1.165, 1.54) is 24.3 Å². The number of benzene rings is 2. The van der Waals surface area contributed by atoms with Crippen LogP contribution in [0.4, 0.5) is 5.69 Å². The first-order chi connectivity index (χ1) is 12.5. The maximum Gasteiger partial charge on any atom is 0.314 e. The van der Waals surface area contributed by atoms with E-state index in [1.807, 2.05) is 0 Å². The smallest absolute Gasteiger partial charge is 0.314 e. The van der Waals surface area contributed by atoms with Gasteiger partial charge in [0.15, 0.2) is 5.76 Å². The third-order valence-corrected chi connectivity index (χ3v) is 4.16. The molecule has 4 rings (SSSR count). The summed E-state index contributed by atoms with van der Waals surface area (Å²) >= 11 is 0. The fourth-order valence-electron chi connectivity index (χ4n) is 2.63. The molecule has 1 saturated carbocycles. The van der Waals surface area contributed by atoms with Crippen molar-refractivity contribution in [3.05, 3.63) is 64.6 Å². The predicted molar refractivity (Wildman–Crippen MR) is 91.8 cm³/mol. The zero-order valence-electron chi connectivity index (χ0n) is 13.5. The number of ether oxygens (including phenoxy) is 2. The lowest BCUT2D eigenvalue weighted by Crippen LogP contribution is -2.09. The van der Waals surface area contributed by atoms with Gasteiger partial charge in [-0.15, -0.1) is 0 Å². The van der Waals surface area contributed by atoms with Crippen LogP contribution in [0.15, 0.2) is 48.2 Å². The maximum absolute atomic E-state index is 12.4. The van der Waals surface area contributed by atoms with Gasteiger partial charge in [-0.25, -0.2) is 0 Å². The molecule has 0 amide bonds.